The molecule has 0 fully saturated rings. The van der Waals surface area contributed by atoms with Crippen molar-refractivity contribution in [2.24, 2.45) is 0 Å². The fourth-order valence-corrected chi connectivity index (χ4v) is 2.19. The number of allylic oxidation sites excluding steroid dienone is 2. The number of hydrogen-bond donors (Lipinski definition) is 3. The van der Waals surface area contributed by atoms with Crippen molar-refractivity contribution in [1.82, 2.24) is 20.6 Å². The first-order valence-electron chi connectivity index (χ1n) is 7.21. The average Bonchev–Trinajstić information content (AvgIpc) is 2.99. The Morgan fingerprint density at radius 1 is 1.39 bits per heavy atom. The number of furan rings is 1. The van der Waals surface area contributed by atoms with Gasteiger partial charge in [0.25, 0.3) is 5.91 Å². The molecule has 4 N–H and O–H groups in total. The predicted molar refractivity (Wildman–Crippen MR) is 86.4 cm³/mol. The van der Waals surface area contributed by atoms with Gasteiger partial charge in [-0.25, -0.2) is 9.97 Å². The van der Waals surface area contributed by atoms with E-state index in [2.05, 4.69) is 20.6 Å². The maximum atomic E-state index is 12.3. The third-order valence-electron chi connectivity index (χ3n) is 3.31. The van der Waals surface area contributed by atoms with Gasteiger partial charge in [-0.3, -0.25) is 4.79 Å². The Hall–Kier alpha value is -3.09. The van der Waals surface area contributed by atoms with E-state index in [1.54, 1.807) is 12.1 Å². The van der Waals surface area contributed by atoms with Crippen molar-refractivity contribution in [2.45, 2.75) is 13.0 Å². The SMILES string of the molecule is Cc1ccc(-c2cc(C(=O)NCC3C=CC=CN3)nc(N)n2)o1. The molecular formula is C16H17N5O2. The monoisotopic (exact) mass is 311 g/mol. The largest absolute Gasteiger partial charge is 0.460 e. The Bertz CT molecular complexity index is 779. The number of nitrogens with zero attached hydrogens (tertiary/aromatic N) is 2. The van der Waals surface area contributed by atoms with Crippen LogP contribution in [0.4, 0.5) is 5.95 Å². The Kier molecular flexibility index (Phi) is 4.09. The predicted octanol–water partition coefficient (Wildman–Crippen LogP) is 1.40. The molecule has 1 amide bonds. The van der Waals surface area contributed by atoms with Crippen LogP contribution in [0.15, 0.2) is 47.0 Å². The first-order chi connectivity index (χ1) is 11.1. The average molecular weight is 311 g/mol. The van der Waals surface area contributed by atoms with Gasteiger partial charge < -0.3 is 20.8 Å². The molecule has 0 saturated heterocycles. The van der Waals surface area contributed by atoms with Gasteiger partial charge in [-0.05, 0) is 37.4 Å². The second-order valence-corrected chi connectivity index (χ2v) is 5.13. The number of carbonyl (C=O) groups excluding carboxylic acids is 1. The summed E-state index contributed by atoms with van der Waals surface area (Å²) >= 11 is 0. The molecule has 1 atom stereocenters. The van der Waals surface area contributed by atoms with Crippen LogP contribution < -0.4 is 16.4 Å². The molecule has 7 nitrogen and oxygen atoms in total. The minimum atomic E-state index is -0.312. The van der Waals surface area contributed by atoms with Gasteiger partial charge in [-0.2, -0.15) is 0 Å². The second kappa shape index (κ2) is 6.35. The number of nitrogens with one attached hydrogen (secondary N) is 2. The zero-order chi connectivity index (χ0) is 16.2. The van der Waals surface area contributed by atoms with Gasteiger partial charge in [-0.15, -0.1) is 0 Å². The molecular weight excluding hydrogens is 294 g/mol. The molecule has 2 aromatic rings. The number of nitrogens with two attached hydrogens (primary N) is 1. The quantitative estimate of drug-likeness (QED) is 0.788. The van der Waals surface area contributed by atoms with Crippen molar-refractivity contribution in [3.8, 4) is 11.5 Å². The Labute approximate surface area is 133 Å². The molecule has 0 aromatic carbocycles. The highest BCUT2D eigenvalue weighted by Crippen LogP contribution is 2.21. The number of aromatic nitrogens is 2. The second-order valence-electron chi connectivity index (χ2n) is 5.13. The van der Waals surface area contributed by atoms with Crippen molar-refractivity contribution in [1.29, 1.82) is 0 Å². The van der Waals surface area contributed by atoms with Crippen LogP contribution in [0.5, 0.6) is 0 Å². The van der Waals surface area contributed by atoms with Gasteiger partial charge in [-0.1, -0.05) is 12.2 Å². The number of amides is 1. The van der Waals surface area contributed by atoms with Gasteiger partial charge in [0.2, 0.25) is 5.95 Å². The van der Waals surface area contributed by atoms with Gasteiger partial charge in [0, 0.05) is 6.54 Å². The van der Waals surface area contributed by atoms with Crippen molar-refractivity contribution in [3.05, 3.63) is 54.1 Å². The van der Waals surface area contributed by atoms with E-state index >= 15 is 0 Å². The van der Waals surface area contributed by atoms with E-state index in [0.29, 0.717) is 18.0 Å². The van der Waals surface area contributed by atoms with E-state index in [9.17, 15) is 4.79 Å². The fourth-order valence-electron chi connectivity index (χ4n) is 2.19. The minimum absolute atomic E-state index is 0.0281. The molecule has 23 heavy (non-hydrogen) atoms. The molecule has 7 heteroatoms. The summed E-state index contributed by atoms with van der Waals surface area (Å²) in [5.41, 5.74) is 6.39. The van der Waals surface area contributed by atoms with Crippen LogP contribution in [0.3, 0.4) is 0 Å². The highest BCUT2D eigenvalue weighted by atomic mass is 16.3. The lowest BCUT2D eigenvalue weighted by molar-refractivity contribution is 0.0947. The molecule has 1 aliphatic heterocycles. The molecule has 3 rings (SSSR count). The first kappa shape index (κ1) is 14.8. The molecule has 0 aliphatic carbocycles. The summed E-state index contributed by atoms with van der Waals surface area (Å²) in [4.78, 5) is 20.4. The molecule has 1 aliphatic rings. The molecule has 1 unspecified atom stereocenters. The summed E-state index contributed by atoms with van der Waals surface area (Å²) in [6.45, 7) is 2.28. The van der Waals surface area contributed by atoms with E-state index < -0.39 is 0 Å². The summed E-state index contributed by atoms with van der Waals surface area (Å²) in [5, 5.41) is 5.94. The van der Waals surface area contributed by atoms with E-state index in [-0.39, 0.29) is 23.6 Å². The standard InChI is InChI=1S/C16H17N5O2/c1-10-5-6-14(23-10)12-8-13(21-16(17)20-12)15(22)19-9-11-4-2-3-7-18-11/h2-8,11,18H,9H2,1H3,(H,19,22)(H2,17,20,21). The number of rotatable bonds is 4. The maximum Gasteiger partial charge on any atom is 0.270 e. The summed E-state index contributed by atoms with van der Waals surface area (Å²) < 4.78 is 5.51. The van der Waals surface area contributed by atoms with Gasteiger partial charge in [0.1, 0.15) is 17.1 Å². The van der Waals surface area contributed by atoms with Gasteiger partial charge in [0.05, 0.1) is 6.04 Å². The highest BCUT2D eigenvalue weighted by molar-refractivity contribution is 5.93. The lowest BCUT2D eigenvalue weighted by Crippen LogP contribution is -2.38. The Morgan fingerprint density at radius 2 is 2.26 bits per heavy atom. The molecule has 0 spiro atoms. The highest BCUT2D eigenvalue weighted by Gasteiger charge is 2.15. The number of dihydropyridines is 1. The van der Waals surface area contributed by atoms with Crippen LogP contribution in [0.2, 0.25) is 0 Å². The minimum Gasteiger partial charge on any atom is -0.460 e. The molecule has 2 aromatic heterocycles. The normalized spacial score (nSPS) is 16.1. The van der Waals surface area contributed by atoms with Crippen molar-refractivity contribution < 1.29 is 9.21 Å². The maximum absolute atomic E-state index is 12.3. The van der Waals surface area contributed by atoms with Crippen molar-refractivity contribution >= 4 is 11.9 Å². The molecule has 118 valence electrons. The summed E-state index contributed by atoms with van der Waals surface area (Å²) in [7, 11) is 0. The smallest absolute Gasteiger partial charge is 0.270 e. The van der Waals surface area contributed by atoms with E-state index in [0.717, 1.165) is 5.76 Å². The fraction of sp³-hybridized carbons (Fsp3) is 0.188. The number of anilines is 1. The number of nitrogen functional groups attached to an aromatic ring is 1. The topological polar surface area (TPSA) is 106 Å². The first-order valence-corrected chi connectivity index (χ1v) is 7.21. The van der Waals surface area contributed by atoms with Crippen LogP contribution in [-0.2, 0) is 0 Å². The molecule has 0 saturated carbocycles. The van der Waals surface area contributed by atoms with Crippen LogP contribution in [0.25, 0.3) is 11.5 Å². The number of carbonyl (C=O) groups is 1. The van der Waals surface area contributed by atoms with E-state index in [1.165, 1.54) is 0 Å². The van der Waals surface area contributed by atoms with Gasteiger partial charge in [0.15, 0.2) is 5.76 Å². The lowest BCUT2D eigenvalue weighted by Gasteiger charge is -2.16. The van der Waals surface area contributed by atoms with Crippen molar-refractivity contribution in [3.63, 3.8) is 0 Å². The Morgan fingerprint density at radius 3 is 2.96 bits per heavy atom. The zero-order valence-electron chi connectivity index (χ0n) is 12.6. The zero-order valence-corrected chi connectivity index (χ0v) is 12.6. The Balaban J connectivity index is 1.74. The van der Waals surface area contributed by atoms with Crippen LogP contribution in [0, 0.1) is 6.92 Å². The molecule has 0 radical (unpaired) electrons. The van der Waals surface area contributed by atoms with Crippen molar-refractivity contribution in [2.75, 3.05) is 12.3 Å². The molecule has 3 heterocycles. The third kappa shape index (κ3) is 3.57. The third-order valence-corrected chi connectivity index (χ3v) is 3.31. The number of aryl methyl sites for hydroxylation is 1. The summed E-state index contributed by atoms with van der Waals surface area (Å²) in [6.07, 6.45) is 7.61. The van der Waals surface area contributed by atoms with Crippen LogP contribution in [0.1, 0.15) is 16.2 Å². The molecule has 0 bridgehead atoms. The van der Waals surface area contributed by atoms with Crippen LogP contribution >= 0.6 is 0 Å². The van der Waals surface area contributed by atoms with E-state index in [1.807, 2.05) is 37.4 Å². The van der Waals surface area contributed by atoms with E-state index in [4.69, 9.17) is 10.2 Å². The van der Waals surface area contributed by atoms with Gasteiger partial charge >= 0.3 is 0 Å². The van der Waals surface area contributed by atoms with Crippen LogP contribution in [-0.4, -0.2) is 28.5 Å². The summed E-state index contributed by atoms with van der Waals surface area (Å²) in [5.74, 6) is 1.02. The lowest BCUT2D eigenvalue weighted by atomic mass is 10.2. The number of hydrogen-bond acceptors (Lipinski definition) is 6. The summed E-state index contributed by atoms with van der Waals surface area (Å²) in [6, 6.07) is 5.22.